The van der Waals surface area contributed by atoms with Crippen molar-refractivity contribution in [2.45, 2.75) is 200 Å². The Kier molecular flexibility index (Phi) is 16.7. The predicted molar refractivity (Wildman–Crippen MR) is 290 cm³/mol. The Hall–Kier alpha value is -5.83. The molecule has 3 heterocycles. The van der Waals surface area contributed by atoms with Gasteiger partial charge < -0.3 is 51.8 Å². The summed E-state index contributed by atoms with van der Waals surface area (Å²) in [6.07, 6.45) is -10.6. The molecule has 8 rings (SSSR count). The zero-order valence-electron chi connectivity index (χ0n) is 49.2. The molecule has 0 radical (unpaired) electrons. The average molecular weight is 1130 g/mol. The number of benzene rings is 2. The van der Waals surface area contributed by atoms with Gasteiger partial charge in [-0.15, -0.1) is 0 Å². The van der Waals surface area contributed by atoms with E-state index < -0.39 is 145 Å². The lowest BCUT2D eigenvalue weighted by Crippen LogP contribution is -2.83. The van der Waals surface area contributed by atoms with Gasteiger partial charge in [0.05, 0.1) is 62.2 Å². The van der Waals surface area contributed by atoms with E-state index in [1.165, 1.54) is 33.0 Å². The second-order valence-electron chi connectivity index (χ2n) is 24.5. The number of carbonyl (C=O) groups is 7. The fraction of sp³-hybridized carbons (Fsp3) is 0.650. The number of ether oxygens (including phenoxy) is 10. The molecule has 3 aliphatic heterocycles. The molecule has 1 spiro atoms. The molecule has 2 aromatic carbocycles. The molecule has 20 heteroatoms. The third-order valence-corrected chi connectivity index (χ3v) is 22.7. The van der Waals surface area contributed by atoms with Crippen molar-refractivity contribution in [2.75, 3.05) is 20.8 Å². The summed E-state index contributed by atoms with van der Waals surface area (Å²) in [5.41, 5.74) is -7.41. The number of esters is 5. The van der Waals surface area contributed by atoms with Gasteiger partial charge in [-0.3, -0.25) is 24.1 Å². The highest BCUT2D eigenvalue weighted by Gasteiger charge is 2.82. The van der Waals surface area contributed by atoms with Crippen molar-refractivity contribution < 1.29 is 85.4 Å². The third-order valence-electron chi connectivity index (χ3n) is 18.1. The Bertz CT molecular complexity index is 2780. The molecule has 1 unspecified atom stereocenters. The van der Waals surface area contributed by atoms with Crippen LogP contribution in [-0.2, 0) is 66.3 Å². The molecule has 438 valence electrons. The van der Waals surface area contributed by atoms with E-state index in [1.807, 2.05) is 34.6 Å². The Balaban J connectivity index is 1.39. The minimum absolute atomic E-state index is 0.0629. The number of amides is 1. The van der Waals surface area contributed by atoms with Crippen LogP contribution in [-0.4, -0.2) is 135 Å². The van der Waals surface area contributed by atoms with Crippen molar-refractivity contribution in [1.82, 2.24) is 4.90 Å². The summed E-state index contributed by atoms with van der Waals surface area (Å²) in [6, 6.07) is 14.1. The van der Waals surface area contributed by atoms with Gasteiger partial charge >= 0.3 is 35.9 Å². The van der Waals surface area contributed by atoms with Crippen LogP contribution < -0.4 is 9.47 Å². The molecule has 19 nitrogen and oxygen atoms in total. The molecule has 80 heavy (non-hydrogen) atoms. The molecule has 5 fully saturated rings. The maximum Gasteiger partial charge on any atom is 0.413 e. The first kappa shape index (κ1) is 60.3. The van der Waals surface area contributed by atoms with Crippen molar-refractivity contribution >= 4 is 50.0 Å². The van der Waals surface area contributed by atoms with E-state index in [-0.39, 0.29) is 47.8 Å². The van der Waals surface area contributed by atoms with Crippen molar-refractivity contribution in [3.05, 3.63) is 70.8 Å². The second-order valence-corrected chi connectivity index (χ2v) is 29.2. The Morgan fingerprint density at radius 2 is 1.54 bits per heavy atom. The van der Waals surface area contributed by atoms with Gasteiger partial charge in [0.25, 0.3) is 0 Å². The minimum Gasteiger partial charge on any atom is -0.497 e. The zero-order valence-corrected chi connectivity index (χ0v) is 50.2. The zero-order chi connectivity index (χ0) is 58.8. The van der Waals surface area contributed by atoms with Crippen molar-refractivity contribution in [3.8, 4) is 11.5 Å². The molecule has 2 saturated carbocycles. The van der Waals surface area contributed by atoms with E-state index in [9.17, 15) is 19.2 Å². The fourth-order valence-corrected chi connectivity index (χ4v) is 17.2. The molecular formula is C60H81NO18Si. The van der Waals surface area contributed by atoms with E-state index in [0.717, 1.165) is 0 Å². The van der Waals surface area contributed by atoms with Gasteiger partial charge in [0.15, 0.2) is 49.8 Å². The summed E-state index contributed by atoms with van der Waals surface area (Å²) in [5.74, 6) is -6.82. The summed E-state index contributed by atoms with van der Waals surface area (Å²) in [6.45, 7) is 24.1. The van der Waals surface area contributed by atoms with Crippen LogP contribution in [0.25, 0.3) is 0 Å². The highest BCUT2D eigenvalue weighted by Crippen LogP contribution is 2.69. The Morgan fingerprint density at radius 1 is 0.875 bits per heavy atom. The number of hydrogen-bond acceptors (Lipinski definition) is 18. The average Bonchev–Trinajstić information content (AvgIpc) is 4.10. The second kappa shape index (κ2) is 22.1. The van der Waals surface area contributed by atoms with Gasteiger partial charge in [-0.1, -0.05) is 66.7 Å². The van der Waals surface area contributed by atoms with Crippen LogP contribution in [0.1, 0.15) is 138 Å². The summed E-state index contributed by atoms with van der Waals surface area (Å²) in [7, 11) is 0.251. The summed E-state index contributed by atoms with van der Waals surface area (Å²) in [5, 5.41) is 0. The molecule has 0 N–H and O–H groups in total. The first-order valence-electron chi connectivity index (χ1n) is 28.0. The summed E-state index contributed by atoms with van der Waals surface area (Å²) < 4.78 is 71.5. The largest absolute Gasteiger partial charge is 0.497 e. The normalized spacial score (nSPS) is 32.4. The van der Waals surface area contributed by atoms with Gasteiger partial charge in [-0.05, 0) is 101 Å². The monoisotopic (exact) mass is 1130 g/mol. The number of ketones is 1. The van der Waals surface area contributed by atoms with Crippen LogP contribution in [0.2, 0.25) is 18.1 Å². The van der Waals surface area contributed by atoms with Gasteiger partial charge in [-0.25, -0.2) is 14.4 Å². The van der Waals surface area contributed by atoms with Crippen molar-refractivity contribution in [2.24, 2.45) is 28.6 Å². The number of Topliss-reactive ketones (excluding diaryl/α,β-unsaturated/α-hetero) is 1. The maximum atomic E-state index is 16.8. The summed E-state index contributed by atoms with van der Waals surface area (Å²) in [4.78, 5) is 106. The van der Waals surface area contributed by atoms with Crippen LogP contribution in [0.3, 0.4) is 0 Å². The molecule has 0 aromatic heterocycles. The summed E-state index contributed by atoms with van der Waals surface area (Å²) >= 11 is 0. The van der Waals surface area contributed by atoms with Gasteiger partial charge in [0.2, 0.25) is 0 Å². The highest BCUT2D eigenvalue weighted by molar-refractivity contribution is 6.73. The number of nitrogens with zero attached hydrogens (tertiary/aromatic N) is 1. The topological polar surface area (TPSA) is 224 Å². The van der Waals surface area contributed by atoms with Crippen LogP contribution in [0, 0.1) is 28.6 Å². The van der Waals surface area contributed by atoms with Gasteiger partial charge in [0.1, 0.15) is 29.3 Å². The van der Waals surface area contributed by atoms with Crippen LogP contribution in [0.15, 0.2) is 59.7 Å². The standard InChI is InChI=1S/C60H81NO18Si/c1-17-80(18-2,19-3)79-42-30-43-59(31-71-43,76-35(8)63)49-51(75-53(66)36-23-21-20-22-24-36)60-39(29-44(64)77-60)46(33(6)45(57(60,12)13)48(72-34(7)62)50(65)58(42,49)14)74-54(67)47-40(27-32(4)5)61(55(68)78-56(9,10)11)52(73-47)38-26-25-37(69-15)28-41(38)70-16/h20-26,28,32,39-40,42-43,46-49,51-52H,17-19,27,29-31H2,1-16H3/t39-,40+,42-,43+,46+,47+,48+,49-,51-,52?,58+,59-,60+/m0/s1. The molecular weight excluding hydrogens is 1050 g/mol. The highest BCUT2D eigenvalue weighted by atomic mass is 28.4. The van der Waals surface area contributed by atoms with Crippen molar-refractivity contribution in [3.63, 3.8) is 0 Å². The molecule has 13 atom stereocenters. The van der Waals surface area contributed by atoms with E-state index in [2.05, 4.69) is 0 Å². The fourth-order valence-electron chi connectivity index (χ4n) is 14.3. The number of rotatable bonds is 16. The SMILES string of the molecule is CC[Si](CC)(CC)O[C@H]1C[C@H]2OC[C@@]2(OC(C)=O)[C@H]2[C@H](OC(=O)c3ccccc3)[C@]34OC(=O)C[C@H]3[C@H](OC(=O)[C@@H]3OC(c5ccc(OC)cc5OC)N(C(=O)OC(C)(C)C)[C@@H]3CC(C)C)C(C)=C([C@@H](OC(C)=O)C(=O)[C@]12C)C4(C)C. The Labute approximate surface area is 470 Å². The van der Waals surface area contributed by atoms with E-state index in [1.54, 1.807) is 97.0 Å². The molecule has 3 saturated heterocycles. The molecule has 3 aliphatic carbocycles. The number of hydrogen-bond donors (Lipinski definition) is 0. The van der Waals surface area contributed by atoms with Gasteiger partial charge in [0, 0.05) is 37.3 Å². The Morgan fingerprint density at radius 3 is 2.09 bits per heavy atom. The number of carbonyl (C=O) groups excluding carboxylic acids is 7. The molecule has 1 amide bonds. The first-order chi connectivity index (χ1) is 37.5. The number of methoxy groups -OCH3 is 2. The smallest absolute Gasteiger partial charge is 0.413 e. The molecule has 2 aromatic rings. The quantitative estimate of drug-likeness (QED) is 0.0661. The molecule has 6 aliphatic rings. The lowest BCUT2D eigenvalue weighted by molar-refractivity contribution is -0.346. The predicted octanol–water partition coefficient (Wildman–Crippen LogP) is 9.18. The molecule has 2 bridgehead atoms. The van der Waals surface area contributed by atoms with Crippen LogP contribution >= 0.6 is 0 Å². The van der Waals surface area contributed by atoms with E-state index in [4.69, 9.17) is 51.8 Å². The number of fused-ring (bicyclic) bond motifs is 4. The maximum absolute atomic E-state index is 16.8. The van der Waals surface area contributed by atoms with Crippen LogP contribution in [0.4, 0.5) is 4.79 Å². The lowest BCUT2D eigenvalue weighted by Gasteiger charge is -2.68. The first-order valence-corrected chi connectivity index (χ1v) is 30.6. The minimum atomic E-state index is -2.70. The van der Waals surface area contributed by atoms with Crippen LogP contribution in [0.5, 0.6) is 11.5 Å². The third kappa shape index (κ3) is 10.0. The van der Waals surface area contributed by atoms with Gasteiger partial charge in [-0.2, -0.15) is 0 Å². The van der Waals surface area contributed by atoms with Crippen molar-refractivity contribution in [1.29, 1.82) is 0 Å². The van der Waals surface area contributed by atoms with E-state index in [0.29, 0.717) is 29.4 Å². The lowest BCUT2D eigenvalue weighted by atomic mass is 9.43. The van der Waals surface area contributed by atoms with E-state index >= 15 is 14.4 Å².